The van der Waals surface area contributed by atoms with Gasteiger partial charge in [0, 0.05) is 17.5 Å². The molecule has 2 nitrogen and oxygen atoms in total. The minimum Gasteiger partial charge on any atom is -0.478 e. The number of carboxylic acids is 1. The summed E-state index contributed by atoms with van der Waals surface area (Å²) in [5.74, 6) is -0.966. The molecule has 0 bridgehead atoms. The third-order valence-electron chi connectivity index (χ3n) is 5.97. The van der Waals surface area contributed by atoms with Crippen LogP contribution >= 0.6 is 23.2 Å². The zero-order chi connectivity index (χ0) is 23.5. The molecule has 1 aliphatic rings. The Morgan fingerprint density at radius 1 is 1.03 bits per heavy atom. The molecule has 3 aromatic carbocycles. The highest BCUT2D eigenvalue weighted by Gasteiger charge is 2.26. The second-order valence-corrected chi connectivity index (χ2v) is 8.90. The number of hydrogen-bond acceptors (Lipinski definition) is 1. The molecule has 1 aliphatic carbocycles. The molecular formula is C29H24Cl2O2. The van der Waals surface area contributed by atoms with Gasteiger partial charge in [-0.05, 0) is 81.7 Å². The second kappa shape index (κ2) is 9.82. The number of fused-ring (bicyclic) bond motifs is 1. The monoisotopic (exact) mass is 474 g/mol. The summed E-state index contributed by atoms with van der Waals surface area (Å²) >= 11 is 13.2. The molecule has 0 radical (unpaired) electrons. The summed E-state index contributed by atoms with van der Waals surface area (Å²) in [7, 11) is 0. The molecule has 166 valence electrons. The van der Waals surface area contributed by atoms with Crippen LogP contribution in [0, 0.1) is 6.92 Å². The molecule has 33 heavy (non-hydrogen) atoms. The Morgan fingerprint density at radius 2 is 1.76 bits per heavy atom. The summed E-state index contributed by atoms with van der Waals surface area (Å²) < 4.78 is 0. The van der Waals surface area contributed by atoms with E-state index in [1.165, 1.54) is 11.1 Å². The van der Waals surface area contributed by atoms with Gasteiger partial charge in [0.15, 0.2) is 0 Å². The number of halogens is 2. The Balaban J connectivity index is 1.93. The van der Waals surface area contributed by atoms with Crippen LogP contribution in [0.5, 0.6) is 0 Å². The van der Waals surface area contributed by atoms with Crippen molar-refractivity contribution in [1.29, 1.82) is 0 Å². The van der Waals surface area contributed by atoms with Crippen molar-refractivity contribution in [2.24, 2.45) is 0 Å². The lowest BCUT2D eigenvalue weighted by Gasteiger charge is -2.19. The number of allylic oxidation sites excluding steroid dienone is 3. The van der Waals surface area contributed by atoms with E-state index in [4.69, 9.17) is 28.3 Å². The number of aliphatic carboxylic acids is 1. The predicted octanol–water partition coefficient (Wildman–Crippen LogP) is 8.27. The average Bonchev–Trinajstić information content (AvgIpc) is 3.13. The summed E-state index contributed by atoms with van der Waals surface area (Å²) in [5, 5.41) is 10.4. The Bertz CT molecular complexity index is 1310. The summed E-state index contributed by atoms with van der Waals surface area (Å²) in [6, 6.07) is 22.2. The van der Waals surface area contributed by atoms with Crippen LogP contribution in [-0.2, 0) is 11.2 Å². The van der Waals surface area contributed by atoms with Gasteiger partial charge in [0.2, 0.25) is 0 Å². The minimum absolute atomic E-state index is 0.716. The Hall–Kier alpha value is -3.07. The fourth-order valence-corrected chi connectivity index (χ4v) is 5.02. The van der Waals surface area contributed by atoms with E-state index in [0.717, 1.165) is 62.9 Å². The molecule has 0 atom stereocenters. The fourth-order valence-electron chi connectivity index (χ4n) is 4.44. The number of carbonyl (C=O) groups is 1. The van der Waals surface area contributed by atoms with Gasteiger partial charge in [-0.2, -0.15) is 0 Å². The van der Waals surface area contributed by atoms with Gasteiger partial charge in [0.25, 0.3) is 0 Å². The molecule has 0 fully saturated rings. The Kier molecular flexibility index (Phi) is 6.88. The largest absolute Gasteiger partial charge is 0.478 e. The van der Waals surface area contributed by atoms with Crippen molar-refractivity contribution in [3.63, 3.8) is 0 Å². The third-order valence-corrected chi connectivity index (χ3v) is 6.64. The Morgan fingerprint density at radius 3 is 2.39 bits per heavy atom. The first-order chi connectivity index (χ1) is 15.9. The molecule has 0 heterocycles. The van der Waals surface area contributed by atoms with Crippen LogP contribution in [0.15, 0.2) is 78.4 Å². The first-order valence-electron chi connectivity index (χ1n) is 10.9. The molecule has 0 spiro atoms. The van der Waals surface area contributed by atoms with Crippen LogP contribution in [0.3, 0.4) is 0 Å². The van der Waals surface area contributed by atoms with Crippen LogP contribution in [0.25, 0.3) is 22.3 Å². The van der Waals surface area contributed by atoms with Crippen molar-refractivity contribution < 1.29 is 9.90 Å². The first kappa shape index (κ1) is 23.1. The van der Waals surface area contributed by atoms with Crippen molar-refractivity contribution in [1.82, 2.24) is 0 Å². The first-order valence-corrected chi connectivity index (χ1v) is 11.6. The lowest BCUT2D eigenvalue weighted by molar-refractivity contribution is -0.131. The number of rotatable bonds is 6. The van der Waals surface area contributed by atoms with E-state index in [2.05, 4.69) is 32.0 Å². The number of carboxylic acid groups (broad SMARTS) is 1. The molecule has 0 aliphatic heterocycles. The van der Waals surface area contributed by atoms with Gasteiger partial charge in [0.1, 0.15) is 0 Å². The standard InChI is InChI=1S/C29H24Cl2O2/c1-3-23(24-14-13-22(30)16-18(24)2)28(20-11-8-19(9-12-20)10-15-27(32)33)26-17-21-6-4-5-7-25(21)29(26)31/h4-16H,3,17H2,1-2H3,(H,32,33)/b15-10+,28-23+. The smallest absolute Gasteiger partial charge is 0.328 e. The van der Waals surface area contributed by atoms with E-state index in [-0.39, 0.29) is 0 Å². The Labute approximate surface area is 204 Å². The molecule has 1 N–H and O–H groups in total. The molecular weight excluding hydrogens is 451 g/mol. The van der Waals surface area contributed by atoms with Crippen molar-refractivity contribution in [3.8, 4) is 0 Å². The molecule has 0 aromatic heterocycles. The number of benzene rings is 3. The molecule has 0 amide bonds. The van der Waals surface area contributed by atoms with Crippen LogP contribution in [0.4, 0.5) is 0 Å². The van der Waals surface area contributed by atoms with E-state index in [1.807, 2.05) is 48.5 Å². The van der Waals surface area contributed by atoms with Crippen LogP contribution in [0.2, 0.25) is 5.02 Å². The maximum atomic E-state index is 10.9. The van der Waals surface area contributed by atoms with Gasteiger partial charge < -0.3 is 5.11 Å². The van der Waals surface area contributed by atoms with Gasteiger partial charge in [-0.3, -0.25) is 0 Å². The van der Waals surface area contributed by atoms with Crippen LogP contribution in [-0.4, -0.2) is 11.1 Å². The quantitative estimate of drug-likeness (QED) is 0.288. The summed E-state index contributed by atoms with van der Waals surface area (Å²) in [6.07, 6.45) is 4.33. The molecule has 3 aromatic rings. The minimum atomic E-state index is -0.966. The van der Waals surface area contributed by atoms with E-state index in [1.54, 1.807) is 6.08 Å². The normalized spacial score (nSPS) is 13.9. The van der Waals surface area contributed by atoms with Gasteiger partial charge in [-0.1, -0.05) is 84.7 Å². The maximum Gasteiger partial charge on any atom is 0.328 e. The van der Waals surface area contributed by atoms with E-state index >= 15 is 0 Å². The van der Waals surface area contributed by atoms with Crippen molar-refractivity contribution in [2.45, 2.75) is 26.7 Å². The van der Waals surface area contributed by atoms with Gasteiger partial charge in [-0.15, -0.1) is 0 Å². The van der Waals surface area contributed by atoms with Crippen LogP contribution < -0.4 is 0 Å². The second-order valence-electron chi connectivity index (χ2n) is 8.09. The SMILES string of the molecule is CC/C(=C(\C1=C(Cl)c2ccccc2C1)c1ccc(/C=C/C(=O)O)cc1)c1ccc(Cl)cc1C. The molecule has 0 saturated carbocycles. The molecule has 0 unspecified atom stereocenters. The maximum absolute atomic E-state index is 10.9. The van der Waals surface area contributed by atoms with E-state index in [0.29, 0.717) is 5.02 Å². The summed E-state index contributed by atoms with van der Waals surface area (Å²) in [5.41, 5.74) is 9.89. The topological polar surface area (TPSA) is 37.3 Å². The lowest BCUT2D eigenvalue weighted by atomic mass is 9.85. The zero-order valence-corrected chi connectivity index (χ0v) is 20.0. The summed E-state index contributed by atoms with van der Waals surface area (Å²) in [6.45, 7) is 4.23. The van der Waals surface area contributed by atoms with Crippen molar-refractivity contribution >= 4 is 51.4 Å². The summed E-state index contributed by atoms with van der Waals surface area (Å²) in [4.78, 5) is 10.9. The van der Waals surface area contributed by atoms with Crippen molar-refractivity contribution in [3.05, 3.63) is 117 Å². The van der Waals surface area contributed by atoms with Gasteiger partial charge >= 0.3 is 5.97 Å². The van der Waals surface area contributed by atoms with E-state index in [9.17, 15) is 4.79 Å². The highest BCUT2D eigenvalue weighted by molar-refractivity contribution is 6.51. The fraction of sp³-hybridized carbons (Fsp3) is 0.138. The van der Waals surface area contributed by atoms with Crippen LogP contribution in [0.1, 0.15) is 46.7 Å². The van der Waals surface area contributed by atoms with Gasteiger partial charge in [0.05, 0.1) is 5.03 Å². The lowest BCUT2D eigenvalue weighted by Crippen LogP contribution is -1.99. The highest BCUT2D eigenvalue weighted by Crippen LogP contribution is 2.46. The van der Waals surface area contributed by atoms with E-state index < -0.39 is 5.97 Å². The van der Waals surface area contributed by atoms with Gasteiger partial charge in [-0.25, -0.2) is 4.79 Å². The zero-order valence-electron chi connectivity index (χ0n) is 18.5. The third kappa shape index (κ3) is 4.83. The molecule has 4 rings (SSSR count). The molecule has 4 heteroatoms. The molecule has 0 saturated heterocycles. The number of hydrogen-bond donors (Lipinski definition) is 1. The van der Waals surface area contributed by atoms with Crippen molar-refractivity contribution in [2.75, 3.05) is 0 Å². The predicted molar refractivity (Wildman–Crippen MR) is 139 cm³/mol. The average molecular weight is 475 g/mol. The number of aryl methyl sites for hydroxylation is 1. The highest BCUT2D eigenvalue weighted by atomic mass is 35.5.